The molecule has 1 N–H and O–H groups in total. The van der Waals surface area contributed by atoms with Crippen LogP contribution in [0.2, 0.25) is 0 Å². The average Bonchev–Trinajstić information content (AvgIpc) is 2.58. The van der Waals surface area contributed by atoms with Crippen molar-refractivity contribution in [3.63, 3.8) is 0 Å². The lowest BCUT2D eigenvalue weighted by Crippen LogP contribution is -2.30. The molecule has 1 unspecified atom stereocenters. The van der Waals surface area contributed by atoms with E-state index in [1.54, 1.807) is 18.4 Å². The number of aromatic nitrogens is 1. The molecule has 0 saturated heterocycles. The van der Waals surface area contributed by atoms with Gasteiger partial charge in [0.25, 0.3) is 0 Å². The molecular formula is C12H20N2OS. The van der Waals surface area contributed by atoms with E-state index in [4.69, 9.17) is 4.74 Å². The fourth-order valence-corrected chi connectivity index (χ4v) is 3.57. The van der Waals surface area contributed by atoms with E-state index in [0.717, 1.165) is 11.4 Å². The summed E-state index contributed by atoms with van der Waals surface area (Å²) in [5, 5.41) is 4.50. The van der Waals surface area contributed by atoms with Crippen LogP contribution < -0.4 is 5.32 Å². The molecule has 4 heteroatoms. The van der Waals surface area contributed by atoms with Gasteiger partial charge in [-0.3, -0.25) is 0 Å². The fraction of sp³-hybridized carbons (Fsp3) is 0.750. The summed E-state index contributed by atoms with van der Waals surface area (Å²) in [6, 6.07) is 0.460. The van der Waals surface area contributed by atoms with Gasteiger partial charge in [-0.1, -0.05) is 13.8 Å². The number of nitrogens with zero attached hydrogens (tertiary/aromatic N) is 1. The first-order chi connectivity index (χ1) is 7.55. The third-order valence-corrected chi connectivity index (χ3v) is 4.29. The van der Waals surface area contributed by atoms with Gasteiger partial charge in [0.1, 0.15) is 5.01 Å². The van der Waals surface area contributed by atoms with Crippen LogP contribution in [0.15, 0.2) is 0 Å². The van der Waals surface area contributed by atoms with Crippen molar-refractivity contribution in [3.8, 4) is 0 Å². The van der Waals surface area contributed by atoms with Crippen molar-refractivity contribution < 1.29 is 4.74 Å². The number of nitrogens with one attached hydrogen (secondary N) is 1. The van der Waals surface area contributed by atoms with Gasteiger partial charge in [0.15, 0.2) is 0 Å². The van der Waals surface area contributed by atoms with E-state index in [1.165, 1.54) is 17.0 Å². The lowest BCUT2D eigenvalue weighted by molar-refractivity contribution is 0.184. The summed E-state index contributed by atoms with van der Waals surface area (Å²) in [6.07, 6.45) is 2.27. The van der Waals surface area contributed by atoms with Crippen molar-refractivity contribution >= 4 is 11.3 Å². The van der Waals surface area contributed by atoms with Crippen LogP contribution in [-0.4, -0.2) is 19.1 Å². The zero-order chi connectivity index (χ0) is 11.8. The highest BCUT2D eigenvalue weighted by molar-refractivity contribution is 7.11. The molecule has 1 aliphatic rings. The largest absolute Gasteiger partial charge is 0.378 e. The molecule has 0 amide bonds. The van der Waals surface area contributed by atoms with Crippen molar-refractivity contribution in [3.05, 3.63) is 15.6 Å². The van der Waals surface area contributed by atoms with E-state index in [9.17, 15) is 0 Å². The molecule has 0 radical (unpaired) electrons. The van der Waals surface area contributed by atoms with Gasteiger partial charge in [-0.2, -0.15) is 0 Å². The van der Waals surface area contributed by atoms with Crippen LogP contribution in [0.3, 0.4) is 0 Å². The average molecular weight is 240 g/mol. The number of hydrogen-bond acceptors (Lipinski definition) is 4. The number of hydrogen-bond donors (Lipinski definition) is 1. The lowest BCUT2D eigenvalue weighted by atomic mass is 9.76. The number of rotatable bonds is 3. The summed E-state index contributed by atoms with van der Waals surface area (Å²) >= 11 is 1.79. The molecule has 0 saturated carbocycles. The van der Waals surface area contributed by atoms with E-state index in [0.29, 0.717) is 18.1 Å². The molecule has 1 atom stereocenters. The highest BCUT2D eigenvalue weighted by Crippen LogP contribution is 2.42. The smallest absolute Gasteiger partial charge is 0.119 e. The van der Waals surface area contributed by atoms with Crippen molar-refractivity contribution in [2.24, 2.45) is 5.41 Å². The molecule has 0 bridgehead atoms. The Morgan fingerprint density at radius 3 is 2.94 bits per heavy atom. The summed E-state index contributed by atoms with van der Waals surface area (Å²) < 4.78 is 5.15. The van der Waals surface area contributed by atoms with Crippen LogP contribution in [0.4, 0.5) is 0 Å². The Balaban J connectivity index is 2.31. The second-order valence-corrected chi connectivity index (χ2v) is 6.35. The molecule has 16 heavy (non-hydrogen) atoms. The third kappa shape index (κ3) is 2.29. The van der Waals surface area contributed by atoms with E-state index in [1.807, 2.05) is 7.05 Å². The van der Waals surface area contributed by atoms with Gasteiger partial charge >= 0.3 is 0 Å². The van der Waals surface area contributed by atoms with E-state index in [2.05, 4.69) is 24.1 Å². The zero-order valence-corrected chi connectivity index (χ0v) is 11.3. The maximum absolute atomic E-state index is 5.15. The molecule has 0 fully saturated rings. The molecule has 1 aromatic rings. The minimum absolute atomic E-state index is 0.346. The Morgan fingerprint density at radius 1 is 1.56 bits per heavy atom. The predicted molar refractivity (Wildman–Crippen MR) is 66.7 cm³/mol. The van der Waals surface area contributed by atoms with Crippen LogP contribution in [-0.2, 0) is 17.8 Å². The monoisotopic (exact) mass is 240 g/mol. The van der Waals surface area contributed by atoms with Gasteiger partial charge in [0.05, 0.1) is 12.3 Å². The molecule has 0 aromatic carbocycles. The fourth-order valence-electron chi connectivity index (χ4n) is 2.40. The number of ether oxygens (including phenoxy) is 1. The number of methoxy groups -OCH3 is 1. The molecule has 1 aromatic heterocycles. The van der Waals surface area contributed by atoms with Crippen LogP contribution in [0.25, 0.3) is 0 Å². The minimum Gasteiger partial charge on any atom is -0.378 e. The Labute approximate surface area is 101 Å². The SMILES string of the molecule is CNC1CC(C)(C)Cc2nc(COC)sc21. The number of thiazole rings is 1. The first kappa shape index (κ1) is 12.0. The normalized spacial score (nSPS) is 23.1. The molecule has 1 heterocycles. The topological polar surface area (TPSA) is 34.2 Å². The second kappa shape index (κ2) is 4.43. The molecule has 1 aliphatic carbocycles. The molecule has 2 rings (SSSR count). The van der Waals surface area contributed by atoms with Crippen molar-refractivity contribution in [1.82, 2.24) is 10.3 Å². The van der Waals surface area contributed by atoms with Gasteiger partial charge in [-0.25, -0.2) is 4.98 Å². The molecule has 3 nitrogen and oxygen atoms in total. The highest BCUT2D eigenvalue weighted by atomic mass is 32.1. The Morgan fingerprint density at radius 2 is 2.31 bits per heavy atom. The Bertz CT molecular complexity index is 373. The first-order valence-electron chi connectivity index (χ1n) is 5.70. The molecular weight excluding hydrogens is 220 g/mol. The minimum atomic E-state index is 0.346. The maximum atomic E-state index is 5.15. The predicted octanol–water partition coefficient (Wildman–Crippen LogP) is 2.52. The van der Waals surface area contributed by atoms with Crippen LogP contribution in [0, 0.1) is 5.41 Å². The van der Waals surface area contributed by atoms with E-state index in [-0.39, 0.29) is 0 Å². The van der Waals surface area contributed by atoms with Crippen molar-refractivity contribution in [2.75, 3.05) is 14.2 Å². The second-order valence-electron chi connectivity index (χ2n) is 5.24. The third-order valence-electron chi connectivity index (χ3n) is 3.11. The first-order valence-corrected chi connectivity index (χ1v) is 6.52. The summed E-state index contributed by atoms with van der Waals surface area (Å²) in [5.41, 5.74) is 1.62. The summed E-state index contributed by atoms with van der Waals surface area (Å²) in [7, 11) is 3.76. The maximum Gasteiger partial charge on any atom is 0.119 e. The van der Waals surface area contributed by atoms with E-state index < -0.39 is 0 Å². The van der Waals surface area contributed by atoms with Crippen LogP contribution in [0.1, 0.15) is 41.9 Å². The highest BCUT2D eigenvalue weighted by Gasteiger charge is 2.34. The lowest BCUT2D eigenvalue weighted by Gasteiger charge is -2.34. The standard InChI is InChI=1S/C12H20N2OS/c1-12(2)5-8(13-3)11-9(6-12)14-10(16-11)7-15-4/h8,13H,5-7H2,1-4H3. The van der Waals surface area contributed by atoms with E-state index >= 15 is 0 Å². The van der Waals surface area contributed by atoms with Crippen molar-refractivity contribution in [2.45, 2.75) is 39.3 Å². The van der Waals surface area contributed by atoms with Crippen LogP contribution in [0.5, 0.6) is 0 Å². The van der Waals surface area contributed by atoms with Crippen molar-refractivity contribution in [1.29, 1.82) is 0 Å². The van der Waals surface area contributed by atoms with Gasteiger partial charge in [-0.15, -0.1) is 11.3 Å². The number of fused-ring (bicyclic) bond motifs is 1. The zero-order valence-electron chi connectivity index (χ0n) is 10.5. The summed E-state index contributed by atoms with van der Waals surface area (Å²) in [4.78, 5) is 6.10. The quantitative estimate of drug-likeness (QED) is 0.881. The van der Waals surface area contributed by atoms with Gasteiger partial charge in [-0.05, 0) is 25.3 Å². The van der Waals surface area contributed by atoms with Gasteiger partial charge < -0.3 is 10.1 Å². The molecule has 90 valence electrons. The summed E-state index contributed by atoms with van der Waals surface area (Å²) in [6.45, 7) is 5.26. The van der Waals surface area contributed by atoms with Gasteiger partial charge in [0.2, 0.25) is 0 Å². The van der Waals surface area contributed by atoms with Crippen LogP contribution >= 0.6 is 11.3 Å². The Kier molecular flexibility index (Phi) is 3.33. The van der Waals surface area contributed by atoms with Gasteiger partial charge in [0, 0.05) is 18.0 Å². The summed E-state index contributed by atoms with van der Waals surface area (Å²) in [5.74, 6) is 0. The molecule has 0 aliphatic heterocycles. The molecule has 0 spiro atoms. The Hall–Kier alpha value is -0.450.